The predicted octanol–water partition coefficient (Wildman–Crippen LogP) is 2.64. The molecule has 120 valence electrons. The second-order valence-electron chi connectivity index (χ2n) is 4.82. The molecule has 2 aromatic carbocycles. The Bertz CT molecular complexity index is 656. The van der Waals surface area contributed by atoms with E-state index in [9.17, 15) is 4.79 Å². The van der Waals surface area contributed by atoms with E-state index in [-0.39, 0.29) is 12.5 Å². The van der Waals surface area contributed by atoms with Gasteiger partial charge in [0.25, 0.3) is 0 Å². The van der Waals surface area contributed by atoms with E-state index < -0.39 is 0 Å². The van der Waals surface area contributed by atoms with Gasteiger partial charge in [0.1, 0.15) is 0 Å². The fraction of sp³-hybridized carbons (Fsp3) is 0.176. The number of rotatable bonds is 5. The molecule has 0 heterocycles. The minimum absolute atomic E-state index is 0.134. The average molecular weight is 331 g/mol. The molecule has 0 saturated carbocycles. The SMILES string of the molecule is CN=C(NCC(=O)Nc1ccccc1)NCc1ccc(Cl)cc1. The molecular weight excluding hydrogens is 312 g/mol. The fourth-order valence-electron chi connectivity index (χ4n) is 1.90. The van der Waals surface area contributed by atoms with Gasteiger partial charge in [-0.3, -0.25) is 9.79 Å². The number of para-hydroxylation sites is 1. The molecule has 23 heavy (non-hydrogen) atoms. The molecule has 0 aliphatic heterocycles. The molecular formula is C17H19ClN4O. The lowest BCUT2D eigenvalue weighted by atomic mass is 10.2. The molecule has 0 fully saturated rings. The molecule has 3 N–H and O–H groups in total. The zero-order valence-corrected chi connectivity index (χ0v) is 13.6. The Morgan fingerprint density at radius 1 is 1.04 bits per heavy atom. The Labute approximate surface area is 140 Å². The van der Waals surface area contributed by atoms with Gasteiger partial charge in [-0.25, -0.2) is 0 Å². The van der Waals surface area contributed by atoms with Crippen molar-refractivity contribution >= 4 is 29.2 Å². The number of aliphatic imine (C=N–C) groups is 1. The molecule has 0 saturated heterocycles. The summed E-state index contributed by atoms with van der Waals surface area (Å²) in [4.78, 5) is 16.0. The molecule has 0 radical (unpaired) electrons. The minimum atomic E-state index is -0.134. The van der Waals surface area contributed by atoms with Crippen molar-refractivity contribution in [3.8, 4) is 0 Å². The van der Waals surface area contributed by atoms with Crippen LogP contribution in [0.2, 0.25) is 5.02 Å². The third kappa shape index (κ3) is 6.00. The van der Waals surface area contributed by atoms with Crippen LogP contribution in [0.4, 0.5) is 5.69 Å². The van der Waals surface area contributed by atoms with Gasteiger partial charge in [0.2, 0.25) is 5.91 Å². The Morgan fingerprint density at radius 2 is 1.74 bits per heavy atom. The quantitative estimate of drug-likeness (QED) is 0.583. The number of nitrogens with zero attached hydrogens (tertiary/aromatic N) is 1. The maximum absolute atomic E-state index is 11.9. The Morgan fingerprint density at radius 3 is 2.39 bits per heavy atom. The van der Waals surface area contributed by atoms with Crippen LogP contribution in [0.1, 0.15) is 5.56 Å². The Hall–Kier alpha value is -2.53. The summed E-state index contributed by atoms with van der Waals surface area (Å²) < 4.78 is 0. The van der Waals surface area contributed by atoms with Gasteiger partial charge in [0.05, 0.1) is 6.54 Å². The second-order valence-corrected chi connectivity index (χ2v) is 5.26. The van der Waals surface area contributed by atoms with Crippen LogP contribution in [0, 0.1) is 0 Å². The van der Waals surface area contributed by atoms with Gasteiger partial charge in [-0.05, 0) is 29.8 Å². The molecule has 2 rings (SSSR count). The van der Waals surface area contributed by atoms with Crippen LogP contribution in [0.5, 0.6) is 0 Å². The summed E-state index contributed by atoms with van der Waals surface area (Å²) >= 11 is 5.85. The summed E-state index contributed by atoms with van der Waals surface area (Å²) in [6.07, 6.45) is 0. The number of benzene rings is 2. The van der Waals surface area contributed by atoms with E-state index in [2.05, 4.69) is 20.9 Å². The Balaban J connectivity index is 1.76. The van der Waals surface area contributed by atoms with Crippen LogP contribution in [0.15, 0.2) is 59.6 Å². The van der Waals surface area contributed by atoms with E-state index in [1.54, 1.807) is 7.05 Å². The summed E-state index contributed by atoms with van der Waals surface area (Å²) in [6, 6.07) is 16.9. The minimum Gasteiger partial charge on any atom is -0.352 e. The smallest absolute Gasteiger partial charge is 0.243 e. The number of guanidine groups is 1. The number of anilines is 1. The molecule has 0 spiro atoms. The van der Waals surface area contributed by atoms with Gasteiger partial charge in [-0.15, -0.1) is 0 Å². The summed E-state index contributed by atoms with van der Waals surface area (Å²) in [6.45, 7) is 0.729. The van der Waals surface area contributed by atoms with Gasteiger partial charge in [0.15, 0.2) is 5.96 Å². The molecule has 0 atom stereocenters. The van der Waals surface area contributed by atoms with E-state index in [0.717, 1.165) is 11.3 Å². The molecule has 0 bridgehead atoms. The van der Waals surface area contributed by atoms with Crippen LogP contribution in [0.25, 0.3) is 0 Å². The molecule has 6 heteroatoms. The first-order chi connectivity index (χ1) is 11.2. The summed E-state index contributed by atoms with van der Waals surface area (Å²) in [5.74, 6) is 0.425. The largest absolute Gasteiger partial charge is 0.352 e. The first-order valence-electron chi connectivity index (χ1n) is 7.21. The molecule has 0 aromatic heterocycles. The van der Waals surface area contributed by atoms with Gasteiger partial charge in [-0.2, -0.15) is 0 Å². The van der Waals surface area contributed by atoms with E-state index >= 15 is 0 Å². The number of nitrogens with one attached hydrogen (secondary N) is 3. The second kappa shape index (κ2) is 8.80. The molecule has 2 aromatic rings. The highest BCUT2D eigenvalue weighted by atomic mass is 35.5. The van der Waals surface area contributed by atoms with Gasteiger partial charge >= 0.3 is 0 Å². The van der Waals surface area contributed by atoms with Crippen molar-refractivity contribution in [2.75, 3.05) is 18.9 Å². The number of hydrogen-bond acceptors (Lipinski definition) is 2. The van der Waals surface area contributed by atoms with Crippen molar-refractivity contribution < 1.29 is 4.79 Å². The normalized spacial score (nSPS) is 11.0. The monoisotopic (exact) mass is 330 g/mol. The highest BCUT2D eigenvalue weighted by Gasteiger charge is 2.04. The summed E-state index contributed by atoms with van der Waals surface area (Å²) in [5, 5.41) is 9.62. The van der Waals surface area contributed by atoms with E-state index in [1.165, 1.54) is 0 Å². The number of carbonyl (C=O) groups is 1. The van der Waals surface area contributed by atoms with Gasteiger partial charge < -0.3 is 16.0 Å². The lowest BCUT2D eigenvalue weighted by Gasteiger charge is -2.12. The topological polar surface area (TPSA) is 65.5 Å². The highest BCUT2D eigenvalue weighted by Crippen LogP contribution is 2.09. The average Bonchev–Trinajstić information content (AvgIpc) is 2.57. The predicted molar refractivity (Wildman–Crippen MR) is 94.7 cm³/mol. The molecule has 0 aliphatic carbocycles. The maximum Gasteiger partial charge on any atom is 0.243 e. The number of halogens is 1. The first-order valence-corrected chi connectivity index (χ1v) is 7.59. The molecule has 1 amide bonds. The maximum atomic E-state index is 11.9. The first kappa shape index (κ1) is 16.8. The van der Waals surface area contributed by atoms with E-state index in [1.807, 2.05) is 54.6 Å². The van der Waals surface area contributed by atoms with Crippen LogP contribution in [0.3, 0.4) is 0 Å². The number of hydrogen-bond donors (Lipinski definition) is 3. The third-order valence-corrected chi connectivity index (χ3v) is 3.32. The Kier molecular flexibility index (Phi) is 6.44. The zero-order valence-electron chi connectivity index (χ0n) is 12.8. The summed E-state index contributed by atoms with van der Waals surface area (Å²) in [5.41, 5.74) is 1.84. The van der Waals surface area contributed by atoms with Crippen molar-refractivity contribution in [1.29, 1.82) is 0 Å². The highest BCUT2D eigenvalue weighted by molar-refractivity contribution is 6.30. The zero-order chi connectivity index (χ0) is 16.5. The van der Waals surface area contributed by atoms with Crippen molar-refractivity contribution in [2.45, 2.75) is 6.54 Å². The fourth-order valence-corrected chi connectivity index (χ4v) is 2.03. The van der Waals surface area contributed by atoms with Crippen LogP contribution in [-0.4, -0.2) is 25.5 Å². The standard InChI is InChI=1S/C17H19ClN4O/c1-19-17(20-11-13-7-9-14(18)10-8-13)21-12-16(23)22-15-5-3-2-4-6-15/h2-10H,11-12H2,1H3,(H,22,23)(H2,19,20,21). The third-order valence-electron chi connectivity index (χ3n) is 3.07. The van der Waals surface area contributed by atoms with Crippen molar-refractivity contribution in [1.82, 2.24) is 10.6 Å². The van der Waals surface area contributed by atoms with E-state index in [4.69, 9.17) is 11.6 Å². The molecule has 5 nitrogen and oxygen atoms in total. The summed E-state index contributed by atoms with van der Waals surface area (Å²) in [7, 11) is 1.66. The van der Waals surface area contributed by atoms with Gasteiger partial charge in [-0.1, -0.05) is 41.9 Å². The molecule has 0 aliphatic rings. The number of amides is 1. The van der Waals surface area contributed by atoms with Gasteiger partial charge in [0, 0.05) is 24.3 Å². The molecule has 0 unspecified atom stereocenters. The number of carbonyl (C=O) groups excluding carboxylic acids is 1. The van der Waals surface area contributed by atoms with Crippen LogP contribution >= 0.6 is 11.6 Å². The van der Waals surface area contributed by atoms with E-state index in [0.29, 0.717) is 17.5 Å². The lowest BCUT2D eigenvalue weighted by molar-refractivity contribution is -0.115. The van der Waals surface area contributed by atoms with Crippen LogP contribution in [-0.2, 0) is 11.3 Å². The van der Waals surface area contributed by atoms with Crippen molar-refractivity contribution in [3.05, 3.63) is 65.2 Å². The van der Waals surface area contributed by atoms with Crippen LogP contribution < -0.4 is 16.0 Å². The van der Waals surface area contributed by atoms with Crippen molar-refractivity contribution in [3.63, 3.8) is 0 Å². The van der Waals surface area contributed by atoms with Crippen molar-refractivity contribution in [2.24, 2.45) is 4.99 Å². The lowest BCUT2D eigenvalue weighted by Crippen LogP contribution is -2.41.